The first kappa shape index (κ1) is 29.2. The van der Waals surface area contributed by atoms with Crippen molar-refractivity contribution in [1.82, 2.24) is 20.1 Å². The smallest absolute Gasteiger partial charge is 0.269 e. The van der Waals surface area contributed by atoms with Gasteiger partial charge >= 0.3 is 0 Å². The van der Waals surface area contributed by atoms with Crippen molar-refractivity contribution in [2.24, 2.45) is 0 Å². The Bertz CT molecular complexity index is 1720. The van der Waals surface area contributed by atoms with Gasteiger partial charge in [-0.25, -0.2) is 4.39 Å². The van der Waals surface area contributed by atoms with Gasteiger partial charge in [-0.2, -0.15) is 0 Å². The van der Waals surface area contributed by atoms with Crippen LogP contribution in [0.3, 0.4) is 0 Å². The number of nitrogens with zero attached hydrogens (tertiary/aromatic N) is 4. The molecule has 0 aliphatic carbocycles. The minimum Gasteiger partial charge on any atom is -0.342 e. The molecule has 1 amide bonds. The van der Waals surface area contributed by atoms with Crippen molar-refractivity contribution in [3.8, 4) is 5.69 Å². The average Bonchev–Trinajstić information content (AvgIpc) is 3.41. The molecule has 0 bridgehead atoms. The summed E-state index contributed by atoms with van der Waals surface area (Å²) in [5, 5.41) is 24.4. The summed E-state index contributed by atoms with van der Waals surface area (Å²) >= 11 is 13.7. The van der Waals surface area contributed by atoms with Crippen LogP contribution in [0, 0.1) is 15.9 Å². The first-order valence-corrected chi connectivity index (χ1v) is 14.4. The second-order valence-corrected chi connectivity index (χ2v) is 11.0. The minimum absolute atomic E-state index is 0.0691. The number of halogens is 3. The third-order valence-corrected chi connectivity index (χ3v) is 7.88. The van der Waals surface area contributed by atoms with Gasteiger partial charge in [0.1, 0.15) is 5.82 Å². The molecule has 42 heavy (non-hydrogen) atoms. The first-order valence-electron chi connectivity index (χ1n) is 12.7. The average molecular weight is 623 g/mol. The minimum atomic E-state index is -0.672. The van der Waals surface area contributed by atoms with E-state index in [2.05, 4.69) is 15.5 Å². The van der Waals surface area contributed by atoms with Gasteiger partial charge in [0.2, 0.25) is 0 Å². The number of benzene rings is 4. The highest BCUT2D eigenvalue weighted by molar-refractivity contribution is 7.98. The summed E-state index contributed by atoms with van der Waals surface area (Å²) in [6.07, 6.45) is 0.367. The number of hydrogen-bond donors (Lipinski definition) is 1. The van der Waals surface area contributed by atoms with Gasteiger partial charge in [-0.05, 0) is 60.0 Å². The largest absolute Gasteiger partial charge is 0.342 e. The normalized spacial score (nSPS) is 11.7. The highest BCUT2D eigenvalue weighted by Gasteiger charge is 2.26. The molecule has 8 nitrogen and oxygen atoms in total. The molecule has 0 aliphatic rings. The number of aromatic nitrogens is 3. The maximum absolute atomic E-state index is 13.5. The quantitative estimate of drug-likeness (QED) is 0.0977. The van der Waals surface area contributed by atoms with Gasteiger partial charge in [-0.1, -0.05) is 77.4 Å². The third-order valence-electron chi connectivity index (χ3n) is 6.33. The van der Waals surface area contributed by atoms with E-state index in [1.54, 1.807) is 41.0 Å². The van der Waals surface area contributed by atoms with Crippen LogP contribution in [0.5, 0.6) is 0 Å². The molecule has 0 aliphatic heterocycles. The molecule has 0 radical (unpaired) electrons. The number of rotatable bonds is 10. The van der Waals surface area contributed by atoms with Crippen LogP contribution in [0.4, 0.5) is 10.1 Å². The Morgan fingerprint density at radius 1 is 0.952 bits per heavy atom. The summed E-state index contributed by atoms with van der Waals surface area (Å²) in [5.41, 5.74) is 2.54. The Kier molecular flexibility index (Phi) is 9.16. The molecule has 1 heterocycles. The van der Waals surface area contributed by atoms with Crippen molar-refractivity contribution in [3.63, 3.8) is 0 Å². The number of nitrogens with one attached hydrogen (secondary N) is 1. The molecule has 212 valence electrons. The number of hydrogen-bond acceptors (Lipinski definition) is 6. The van der Waals surface area contributed by atoms with E-state index in [1.165, 1.54) is 42.1 Å². The van der Waals surface area contributed by atoms with Crippen LogP contribution in [0.15, 0.2) is 102 Å². The van der Waals surface area contributed by atoms with Crippen LogP contribution >= 0.6 is 35.0 Å². The molecule has 1 aromatic heterocycles. The maximum atomic E-state index is 13.5. The molecule has 12 heteroatoms. The Balaban J connectivity index is 1.56. The van der Waals surface area contributed by atoms with Crippen molar-refractivity contribution in [3.05, 3.63) is 146 Å². The van der Waals surface area contributed by atoms with Crippen LogP contribution in [0.2, 0.25) is 10.0 Å². The second kappa shape index (κ2) is 13.2. The Hall–Kier alpha value is -4.25. The van der Waals surface area contributed by atoms with Crippen molar-refractivity contribution < 1.29 is 14.1 Å². The lowest BCUT2D eigenvalue weighted by atomic mass is 10.0. The van der Waals surface area contributed by atoms with Crippen LogP contribution < -0.4 is 5.32 Å². The van der Waals surface area contributed by atoms with Crippen molar-refractivity contribution in [2.45, 2.75) is 23.4 Å². The fourth-order valence-electron chi connectivity index (χ4n) is 4.26. The van der Waals surface area contributed by atoms with Crippen LogP contribution in [-0.4, -0.2) is 25.6 Å². The Morgan fingerprint density at radius 2 is 1.67 bits per heavy atom. The first-order chi connectivity index (χ1) is 20.3. The fourth-order valence-corrected chi connectivity index (χ4v) is 5.67. The number of thioether (sulfide) groups is 1. The number of non-ortho nitro benzene ring substituents is 1. The van der Waals surface area contributed by atoms with Gasteiger partial charge in [0.05, 0.1) is 21.6 Å². The predicted octanol–water partition coefficient (Wildman–Crippen LogP) is 7.63. The zero-order chi connectivity index (χ0) is 29.6. The van der Waals surface area contributed by atoms with E-state index >= 15 is 0 Å². The standard InChI is InChI=1S/C30H22Cl2FN5O3S/c31-21-8-15-25(26(32)17-21)29(39)34-27(16-19-4-2-1-3-5-19)28-35-36-30(42-18-20-6-9-22(33)10-7-20)37(28)23-11-13-24(14-12-23)38(40)41/h1-15,17,27H,16,18H2,(H,34,39). The van der Waals surface area contributed by atoms with E-state index in [-0.39, 0.29) is 22.1 Å². The third kappa shape index (κ3) is 6.96. The van der Waals surface area contributed by atoms with Crippen molar-refractivity contribution >= 4 is 46.6 Å². The van der Waals surface area contributed by atoms with Gasteiger partial charge in [0.25, 0.3) is 11.6 Å². The van der Waals surface area contributed by atoms with Crippen LogP contribution in [-0.2, 0) is 12.2 Å². The zero-order valence-corrected chi connectivity index (χ0v) is 24.1. The lowest BCUT2D eigenvalue weighted by molar-refractivity contribution is -0.384. The molecule has 1 unspecified atom stereocenters. The molecule has 4 aromatic carbocycles. The molecule has 1 atom stereocenters. The lowest BCUT2D eigenvalue weighted by Gasteiger charge is -2.20. The van der Waals surface area contributed by atoms with Gasteiger partial charge in [0.15, 0.2) is 11.0 Å². The van der Waals surface area contributed by atoms with Crippen molar-refractivity contribution in [2.75, 3.05) is 0 Å². The molecule has 0 saturated carbocycles. The summed E-state index contributed by atoms with van der Waals surface area (Å²) in [6.45, 7) is 0. The molecule has 0 saturated heterocycles. The Labute approximate surface area is 254 Å². The van der Waals surface area contributed by atoms with E-state index in [1.807, 2.05) is 30.3 Å². The number of amides is 1. The second-order valence-electron chi connectivity index (χ2n) is 9.20. The summed E-state index contributed by atoms with van der Waals surface area (Å²) < 4.78 is 15.2. The number of nitro groups is 1. The lowest BCUT2D eigenvalue weighted by Crippen LogP contribution is -2.32. The van der Waals surface area contributed by atoms with E-state index in [9.17, 15) is 19.3 Å². The highest BCUT2D eigenvalue weighted by atomic mass is 35.5. The molecule has 0 spiro atoms. The molecule has 5 aromatic rings. The molecule has 1 N–H and O–H groups in total. The number of carbonyl (C=O) groups is 1. The van der Waals surface area contributed by atoms with Gasteiger partial charge in [0, 0.05) is 28.6 Å². The van der Waals surface area contributed by atoms with Gasteiger partial charge in [-0.15, -0.1) is 10.2 Å². The van der Waals surface area contributed by atoms with Gasteiger partial charge < -0.3 is 5.32 Å². The Morgan fingerprint density at radius 3 is 2.33 bits per heavy atom. The van der Waals surface area contributed by atoms with E-state index in [0.29, 0.717) is 33.9 Å². The fraction of sp³-hybridized carbons (Fsp3) is 0.100. The topological polar surface area (TPSA) is 103 Å². The summed E-state index contributed by atoms with van der Waals surface area (Å²) in [5.74, 6) is 0.103. The molecular formula is C30H22Cl2FN5O3S. The van der Waals surface area contributed by atoms with E-state index < -0.39 is 16.9 Å². The summed E-state index contributed by atoms with van der Waals surface area (Å²) in [7, 11) is 0. The van der Waals surface area contributed by atoms with Crippen LogP contribution in [0.25, 0.3) is 5.69 Å². The summed E-state index contributed by atoms with van der Waals surface area (Å²) in [4.78, 5) is 24.3. The SMILES string of the molecule is O=C(NC(Cc1ccccc1)c1nnc(SCc2ccc(F)cc2)n1-c1ccc([N+](=O)[O-])cc1)c1ccc(Cl)cc1Cl. The predicted molar refractivity (Wildman–Crippen MR) is 161 cm³/mol. The zero-order valence-electron chi connectivity index (χ0n) is 21.8. The maximum Gasteiger partial charge on any atom is 0.269 e. The monoisotopic (exact) mass is 621 g/mol. The highest BCUT2D eigenvalue weighted by Crippen LogP contribution is 2.30. The van der Waals surface area contributed by atoms with Crippen LogP contribution in [0.1, 0.15) is 33.4 Å². The number of nitro benzene ring substituents is 1. The molecule has 5 rings (SSSR count). The van der Waals surface area contributed by atoms with Gasteiger partial charge in [-0.3, -0.25) is 19.5 Å². The van der Waals surface area contributed by atoms with E-state index in [4.69, 9.17) is 23.2 Å². The number of carbonyl (C=O) groups excluding carboxylic acids is 1. The molecule has 0 fully saturated rings. The summed E-state index contributed by atoms with van der Waals surface area (Å²) in [6, 6.07) is 25.6. The van der Waals surface area contributed by atoms with E-state index in [0.717, 1.165) is 11.1 Å². The molecular weight excluding hydrogens is 600 g/mol. The van der Waals surface area contributed by atoms with Crippen molar-refractivity contribution in [1.29, 1.82) is 0 Å².